The number of aryl methyl sites for hydroxylation is 2. The van der Waals surface area contributed by atoms with E-state index in [0.717, 1.165) is 17.7 Å². The van der Waals surface area contributed by atoms with Gasteiger partial charge < -0.3 is 0 Å². The first-order valence-electron chi connectivity index (χ1n) is 5.48. The minimum Gasteiger partial charge on any atom is -0.256 e. The molecule has 0 saturated carbocycles. The van der Waals surface area contributed by atoms with E-state index >= 15 is 0 Å². The summed E-state index contributed by atoms with van der Waals surface area (Å²) in [5, 5.41) is 0. The molecule has 0 spiro atoms. The van der Waals surface area contributed by atoms with Gasteiger partial charge in [0.1, 0.15) is 0 Å². The predicted molar refractivity (Wildman–Crippen MR) is 64.1 cm³/mol. The van der Waals surface area contributed by atoms with Crippen LogP contribution in [0.1, 0.15) is 16.7 Å². The third kappa shape index (κ3) is 2.70. The van der Waals surface area contributed by atoms with Gasteiger partial charge in [0.05, 0.1) is 11.3 Å². The maximum Gasteiger partial charge on any atom is 0.416 e. The molecule has 94 valence electrons. The molecule has 4 heteroatoms. The monoisotopic (exact) mass is 251 g/mol. The van der Waals surface area contributed by atoms with Gasteiger partial charge in [-0.05, 0) is 49.2 Å². The van der Waals surface area contributed by atoms with Crippen LogP contribution in [-0.2, 0) is 6.18 Å². The van der Waals surface area contributed by atoms with Crippen molar-refractivity contribution in [2.75, 3.05) is 0 Å². The fraction of sp³-hybridized carbons (Fsp3) is 0.214. The lowest BCUT2D eigenvalue weighted by Crippen LogP contribution is -2.05. The minimum atomic E-state index is -4.33. The molecule has 1 aromatic carbocycles. The maximum absolute atomic E-state index is 12.7. The number of benzene rings is 1. The van der Waals surface area contributed by atoms with Crippen LogP contribution in [0.3, 0.4) is 0 Å². The fourth-order valence-corrected chi connectivity index (χ4v) is 1.73. The van der Waals surface area contributed by atoms with Crippen molar-refractivity contribution in [3.8, 4) is 11.3 Å². The standard InChI is InChI=1S/C14H12F3N/c1-9-3-4-13(18-8-9)11-5-10(2)6-12(7-11)14(15,16)17/h3-8H,1-2H3. The molecule has 1 nitrogen and oxygen atoms in total. The van der Waals surface area contributed by atoms with Crippen LogP contribution in [0, 0.1) is 13.8 Å². The molecule has 1 heterocycles. The van der Waals surface area contributed by atoms with Crippen molar-refractivity contribution in [3.63, 3.8) is 0 Å². The van der Waals surface area contributed by atoms with Gasteiger partial charge in [-0.2, -0.15) is 13.2 Å². The molecule has 0 unspecified atom stereocenters. The highest BCUT2D eigenvalue weighted by molar-refractivity contribution is 5.61. The Labute approximate surface area is 103 Å². The van der Waals surface area contributed by atoms with Crippen molar-refractivity contribution in [1.82, 2.24) is 4.98 Å². The first kappa shape index (κ1) is 12.6. The highest BCUT2D eigenvalue weighted by Gasteiger charge is 2.31. The largest absolute Gasteiger partial charge is 0.416 e. The average molecular weight is 251 g/mol. The number of pyridine rings is 1. The van der Waals surface area contributed by atoms with Crippen molar-refractivity contribution < 1.29 is 13.2 Å². The van der Waals surface area contributed by atoms with E-state index < -0.39 is 11.7 Å². The Kier molecular flexibility index (Phi) is 3.11. The van der Waals surface area contributed by atoms with Crippen LogP contribution in [0.5, 0.6) is 0 Å². The summed E-state index contributed by atoms with van der Waals surface area (Å²) in [6.45, 7) is 3.53. The lowest BCUT2D eigenvalue weighted by Gasteiger charge is -2.10. The predicted octanol–water partition coefficient (Wildman–Crippen LogP) is 4.38. The molecule has 0 amide bonds. The first-order chi connectivity index (χ1) is 8.36. The molecule has 2 rings (SSSR count). The third-order valence-electron chi connectivity index (χ3n) is 2.61. The zero-order valence-corrected chi connectivity index (χ0v) is 10.0. The molecule has 0 fully saturated rings. The Morgan fingerprint density at radius 1 is 0.944 bits per heavy atom. The van der Waals surface area contributed by atoms with Crippen LogP contribution in [0.25, 0.3) is 11.3 Å². The van der Waals surface area contributed by atoms with Crippen LogP contribution >= 0.6 is 0 Å². The molecule has 0 aliphatic heterocycles. The maximum atomic E-state index is 12.7. The molecule has 0 atom stereocenters. The molecule has 1 aromatic heterocycles. The zero-order chi connectivity index (χ0) is 13.3. The van der Waals surface area contributed by atoms with Crippen LogP contribution in [0.15, 0.2) is 36.5 Å². The summed E-state index contributed by atoms with van der Waals surface area (Å²) in [6.07, 6.45) is -2.68. The molecule has 2 aromatic rings. The highest BCUT2D eigenvalue weighted by atomic mass is 19.4. The number of aromatic nitrogens is 1. The summed E-state index contributed by atoms with van der Waals surface area (Å²) in [4.78, 5) is 4.15. The van der Waals surface area contributed by atoms with Gasteiger partial charge in [0.25, 0.3) is 0 Å². The van der Waals surface area contributed by atoms with Gasteiger partial charge >= 0.3 is 6.18 Å². The van der Waals surface area contributed by atoms with E-state index in [1.807, 2.05) is 13.0 Å². The molecule has 0 aliphatic carbocycles. The SMILES string of the molecule is Cc1ccc(-c2cc(C)cc(C(F)(F)F)c2)nc1. The fourth-order valence-electron chi connectivity index (χ4n) is 1.73. The zero-order valence-electron chi connectivity index (χ0n) is 10.0. The van der Waals surface area contributed by atoms with Crippen LogP contribution in [0.2, 0.25) is 0 Å². The van der Waals surface area contributed by atoms with Crippen LogP contribution < -0.4 is 0 Å². The van der Waals surface area contributed by atoms with Gasteiger partial charge in [-0.3, -0.25) is 4.98 Å². The summed E-state index contributed by atoms with van der Waals surface area (Å²) in [6, 6.07) is 7.53. The molecule has 0 aliphatic rings. The molecule has 0 bridgehead atoms. The van der Waals surface area contributed by atoms with Gasteiger partial charge in [0, 0.05) is 11.8 Å². The second kappa shape index (κ2) is 4.44. The van der Waals surface area contributed by atoms with Crippen molar-refractivity contribution in [3.05, 3.63) is 53.2 Å². The van der Waals surface area contributed by atoms with Gasteiger partial charge in [-0.1, -0.05) is 6.07 Å². The van der Waals surface area contributed by atoms with Gasteiger partial charge in [0.2, 0.25) is 0 Å². The third-order valence-corrected chi connectivity index (χ3v) is 2.61. The van der Waals surface area contributed by atoms with Crippen LogP contribution in [0.4, 0.5) is 13.2 Å². The smallest absolute Gasteiger partial charge is 0.256 e. The summed E-state index contributed by atoms with van der Waals surface area (Å²) in [5.41, 5.74) is 1.95. The second-order valence-corrected chi connectivity index (χ2v) is 4.31. The van der Waals surface area contributed by atoms with E-state index in [-0.39, 0.29) is 0 Å². The van der Waals surface area contributed by atoms with E-state index in [9.17, 15) is 13.2 Å². The number of hydrogen-bond acceptors (Lipinski definition) is 1. The van der Waals surface area contributed by atoms with Crippen molar-refractivity contribution in [1.29, 1.82) is 0 Å². The van der Waals surface area contributed by atoms with Crippen molar-refractivity contribution >= 4 is 0 Å². The lowest BCUT2D eigenvalue weighted by atomic mass is 10.0. The van der Waals surface area contributed by atoms with Gasteiger partial charge in [-0.25, -0.2) is 0 Å². The van der Waals surface area contributed by atoms with E-state index in [4.69, 9.17) is 0 Å². The second-order valence-electron chi connectivity index (χ2n) is 4.31. The molecule has 0 radical (unpaired) electrons. The Morgan fingerprint density at radius 2 is 1.67 bits per heavy atom. The number of halogens is 3. The minimum absolute atomic E-state index is 0.488. The molecular formula is C14H12F3N. The number of rotatable bonds is 1. The Morgan fingerprint density at radius 3 is 2.22 bits per heavy atom. The first-order valence-corrected chi connectivity index (χ1v) is 5.48. The quantitative estimate of drug-likeness (QED) is 0.732. The Balaban J connectivity index is 2.52. The van der Waals surface area contributed by atoms with Crippen LogP contribution in [-0.4, -0.2) is 4.98 Å². The van der Waals surface area contributed by atoms with E-state index in [2.05, 4.69) is 4.98 Å². The lowest BCUT2D eigenvalue weighted by molar-refractivity contribution is -0.137. The highest BCUT2D eigenvalue weighted by Crippen LogP contribution is 2.32. The summed E-state index contributed by atoms with van der Waals surface area (Å²) < 4.78 is 38.1. The van der Waals surface area contributed by atoms with Gasteiger partial charge in [-0.15, -0.1) is 0 Å². The number of alkyl halides is 3. The summed E-state index contributed by atoms with van der Waals surface area (Å²) in [5.74, 6) is 0. The summed E-state index contributed by atoms with van der Waals surface area (Å²) >= 11 is 0. The normalized spacial score (nSPS) is 11.6. The Bertz CT molecular complexity index is 556. The topological polar surface area (TPSA) is 12.9 Å². The number of nitrogens with zero attached hydrogens (tertiary/aromatic N) is 1. The molecule has 0 N–H and O–H groups in total. The van der Waals surface area contributed by atoms with E-state index in [1.165, 1.54) is 0 Å². The summed E-state index contributed by atoms with van der Waals surface area (Å²) in [7, 11) is 0. The molecule has 18 heavy (non-hydrogen) atoms. The van der Waals surface area contributed by atoms with E-state index in [0.29, 0.717) is 16.8 Å². The molecular weight excluding hydrogens is 239 g/mol. The molecule has 0 saturated heterocycles. The van der Waals surface area contributed by atoms with Crippen molar-refractivity contribution in [2.45, 2.75) is 20.0 Å². The van der Waals surface area contributed by atoms with Gasteiger partial charge in [0.15, 0.2) is 0 Å². The average Bonchev–Trinajstić information content (AvgIpc) is 2.28. The van der Waals surface area contributed by atoms with E-state index in [1.54, 1.807) is 25.3 Å². The Hall–Kier alpha value is -1.84. The van der Waals surface area contributed by atoms with Crippen molar-refractivity contribution in [2.24, 2.45) is 0 Å². The number of hydrogen-bond donors (Lipinski definition) is 0.